The zero-order valence-electron chi connectivity index (χ0n) is 13.9. The first kappa shape index (κ1) is 18.5. The summed E-state index contributed by atoms with van der Waals surface area (Å²) in [5, 5.41) is 20.7. The molecule has 0 spiro atoms. The SMILES string of the molecule is CC(C)(O)COc1ccc(C(C)(O)C(=O)c2ccccc2)cc1Cl. The largest absolute Gasteiger partial charge is 0.489 e. The number of ether oxygens (including phenoxy) is 1. The maximum Gasteiger partial charge on any atom is 0.198 e. The number of carbonyl (C=O) groups is 1. The summed E-state index contributed by atoms with van der Waals surface area (Å²) in [4.78, 5) is 12.6. The summed E-state index contributed by atoms with van der Waals surface area (Å²) < 4.78 is 5.47. The molecule has 0 fully saturated rings. The van der Waals surface area contributed by atoms with Gasteiger partial charge in [0.2, 0.25) is 0 Å². The van der Waals surface area contributed by atoms with Gasteiger partial charge in [0, 0.05) is 5.56 Å². The quantitative estimate of drug-likeness (QED) is 0.783. The third kappa shape index (κ3) is 4.35. The van der Waals surface area contributed by atoms with Gasteiger partial charge >= 0.3 is 0 Å². The van der Waals surface area contributed by atoms with Crippen LogP contribution in [0.1, 0.15) is 36.7 Å². The number of rotatable bonds is 6. The smallest absolute Gasteiger partial charge is 0.198 e. The standard InChI is InChI=1S/C19H21ClO4/c1-18(2,22)12-24-16-10-9-14(11-15(16)20)19(3,23)17(21)13-7-5-4-6-8-13/h4-11,22-23H,12H2,1-3H3. The number of halogens is 1. The predicted octanol–water partition coefficient (Wildman–Crippen LogP) is 3.58. The lowest BCUT2D eigenvalue weighted by Gasteiger charge is -2.24. The fourth-order valence-corrected chi connectivity index (χ4v) is 2.41. The lowest BCUT2D eigenvalue weighted by Crippen LogP contribution is -2.32. The number of Topliss-reactive ketones (excluding diaryl/α,β-unsaturated/α-hetero) is 1. The molecule has 5 heteroatoms. The van der Waals surface area contributed by atoms with Crippen molar-refractivity contribution < 1.29 is 19.7 Å². The average molecular weight is 349 g/mol. The summed E-state index contributed by atoms with van der Waals surface area (Å²) in [6.07, 6.45) is 0. The van der Waals surface area contributed by atoms with E-state index >= 15 is 0 Å². The molecule has 4 nitrogen and oxygen atoms in total. The molecule has 0 heterocycles. The molecule has 0 aliphatic heterocycles. The fourth-order valence-electron chi connectivity index (χ4n) is 2.18. The van der Waals surface area contributed by atoms with Crippen LogP contribution in [0, 0.1) is 0 Å². The van der Waals surface area contributed by atoms with E-state index in [4.69, 9.17) is 16.3 Å². The van der Waals surface area contributed by atoms with E-state index in [1.165, 1.54) is 13.0 Å². The number of benzene rings is 2. The molecular weight excluding hydrogens is 328 g/mol. The van der Waals surface area contributed by atoms with Crippen LogP contribution in [-0.4, -0.2) is 28.2 Å². The molecule has 0 saturated carbocycles. The maximum atomic E-state index is 12.6. The van der Waals surface area contributed by atoms with Crippen LogP contribution in [0.2, 0.25) is 5.02 Å². The van der Waals surface area contributed by atoms with Crippen molar-refractivity contribution in [2.24, 2.45) is 0 Å². The minimum Gasteiger partial charge on any atom is -0.489 e. The zero-order chi connectivity index (χ0) is 18.0. The van der Waals surface area contributed by atoms with Gasteiger partial charge in [-0.25, -0.2) is 0 Å². The molecule has 0 saturated heterocycles. The second-order valence-electron chi connectivity index (χ2n) is 6.51. The molecule has 2 rings (SSSR count). The summed E-state index contributed by atoms with van der Waals surface area (Å²) in [6.45, 7) is 4.76. The number of carbonyl (C=O) groups excluding carboxylic acids is 1. The van der Waals surface area contributed by atoms with Crippen LogP contribution >= 0.6 is 11.6 Å². The Labute approximate surface area is 146 Å². The van der Waals surface area contributed by atoms with Gasteiger partial charge in [-0.05, 0) is 38.5 Å². The molecule has 2 N–H and O–H groups in total. The summed E-state index contributed by atoms with van der Waals surface area (Å²) in [5.74, 6) is -0.0326. The maximum absolute atomic E-state index is 12.6. The topological polar surface area (TPSA) is 66.8 Å². The average Bonchev–Trinajstić information content (AvgIpc) is 2.52. The molecular formula is C19H21ClO4. The molecule has 2 aromatic carbocycles. The van der Waals surface area contributed by atoms with E-state index in [2.05, 4.69) is 0 Å². The van der Waals surface area contributed by atoms with E-state index in [9.17, 15) is 15.0 Å². The molecule has 24 heavy (non-hydrogen) atoms. The highest BCUT2D eigenvalue weighted by atomic mass is 35.5. The molecule has 0 aromatic heterocycles. The number of hydrogen-bond donors (Lipinski definition) is 2. The molecule has 0 aliphatic carbocycles. The normalized spacial score (nSPS) is 14.1. The van der Waals surface area contributed by atoms with Crippen molar-refractivity contribution in [2.75, 3.05) is 6.61 Å². The number of hydrogen-bond acceptors (Lipinski definition) is 4. The minimum atomic E-state index is -1.71. The van der Waals surface area contributed by atoms with Crippen molar-refractivity contribution >= 4 is 17.4 Å². The highest BCUT2D eigenvalue weighted by Gasteiger charge is 2.33. The van der Waals surface area contributed by atoms with Crippen molar-refractivity contribution in [1.29, 1.82) is 0 Å². The van der Waals surface area contributed by atoms with Gasteiger partial charge in [-0.2, -0.15) is 0 Å². The van der Waals surface area contributed by atoms with E-state index in [-0.39, 0.29) is 11.6 Å². The van der Waals surface area contributed by atoms with Gasteiger partial charge < -0.3 is 14.9 Å². The fraction of sp³-hybridized carbons (Fsp3) is 0.316. The third-order valence-electron chi connectivity index (χ3n) is 3.55. The Bertz CT molecular complexity index is 718. The molecule has 1 unspecified atom stereocenters. The van der Waals surface area contributed by atoms with Gasteiger partial charge in [0.15, 0.2) is 5.78 Å². The highest BCUT2D eigenvalue weighted by molar-refractivity contribution is 6.32. The van der Waals surface area contributed by atoms with E-state index < -0.39 is 17.0 Å². The highest BCUT2D eigenvalue weighted by Crippen LogP contribution is 2.32. The minimum absolute atomic E-state index is 0.0748. The summed E-state index contributed by atoms with van der Waals surface area (Å²) in [5.41, 5.74) is -1.91. The monoisotopic (exact) mass is 348 g/mol. The van der Waals surface area contributed by atoms with Gasteiger partial charge in [0.25, 0.3) is 0 Å². The number of aliphatic hydroxyl groups is 2. The van der Waals surface area contributed by atoms with Gasteiger partial charge in [-0.3, -0.25) is 4.79 Å². The van der Waals surface area contributed by atoms with Gasteiger partial charge in [-0.1, -0.05) is 48.0 Å². The predicted molar refractivity (Wildman–Crippen MR) is 93.6 cm³/mol. The second-order valence-corrected chi connectivity index (χ2v) is 6.92. The number of ketones is 1. The van der Waals surface area contributed by atoms with E-state index in [1.807, 2.05) is 0 Å². The van der Waals surface area contributed by atoms with Crippen molar-refractivity contribution in [1.82, 2.24) is 0 Å². The Balaban J connectivity index is 2.25. The van der Waals surface area contributed by atoms with E-state index in [1.54, 1.807) is 56.3 Å². The van der Waals surface area contributed by atoms with Crippen LogP contribution in [0.3, 0.4) is 0 Å². The molecule has 0 aliphatic rings. The van der Waals surface area contributed by atoms with Gasteiger partial charge in [0.05, 0.1) is 10.6 Å². The lowest BCUT2D eigenvalue weighted by molar-refractivity contribution is 0.0283. The van der Waals surface area contributed by atoms with Crippen LogP contribution in [-0.2, 0) is 5.60 Å². The van der Waals surface area contributed by atoms with Crippen LogP contribution in [0.25, 0.3) is 0 Å². The van der Waals surface area contributed by atoms with E-state index in [0.29, 0.717) is 16.9 Å². The van der Waals surface area contributed by atoms with Crippen LogP contribution in [0.15, 0.2) is 48.5 Å². The Morgan fingerprint density at radius 3 is 2.25 bits per heavy atom. The van der Waals surface area contributed by atoms with Crippen molar-refractivity contribution in [2.45, 2.75) is 32.0 Å². The third-order valence-corrected chi connectivity index (χ3v) is 3.85. The Morgan fingerprint density at radius 1 is 1.08 bits per heavy atom. The lowest BCUT2D eigenvalue weighted by atomic mass is 9.88. The van der Waals surface area contributed by atoms with Crippen molar-refractivity contribution in [3.63, 3.8) is 0 Å². The molecule has 0 radical (unpaired) electrons. The van der Waals surface area contributed by atoms with Crippen LogP contribution in [0.5, 0.6) is 5.75 Å². The van der Waals surface area contributed by atoms with Crippen LogP contribution < -0.4 is 4.74 Å². The molecule has 128 valence electrons. The molecule has 0 bridgehead atoms. The van der Waals surface area contributed by atoms with E-state index in [0.717, 1.165) is 0 Å². The van der Waals surface area contributed by atoms with Crippen molar-refractivity contribution in [3.05, 3.63) is 64.7 Å². The summed E-state index contributed by atoms with van der Waals surface area (Å²) in [7, 11) is 0. The Kier molecular flexibility index (Phi) is 5.33. The molecule has 2 aromatic rings. The first-order valence-electron chi connectivity index (χ1n) is 7.59. The zero-order valence-corrected chi connectivity index (χ0v) is 14.7. The van der Waals surface area contributed by atoms with Gasteiger partial charge in [0.1, 0.15) is 18.0 Å². The van der Waals surface area contributed by atoms with Gasteiger partial charge in [-0.15, -0.1) is 0 Å². The Hall–Kier alpha value is -1.88. The molecule has 1 atom stereocenters. The Morgan fingerprint density at radius 2 is 1.71 bits per heavy atom. The summed E-state index contributed by atoms with van der Waals surface area (Å²) in [6, 6.07) is 13.3. The van der Waals surface area contributed by atoms with Crippen LogP contribution in [0.4, 0.5) is 0 Å². The van der Waals surface area contributed by atoms with Crippen molar-refractivity contribution in [3.8, 4) is 5.75 Å². The summed E-state index contributed by atoms with van der Waals surface area (Å²) >= 11 is 6.19. The molecule has 0 amide bonds. The first-order valence-corrected chi connectivity index (χ1v) is 7.96. The first-order chi connectivity index (χ1) is 11.1. The second kappa shape index (κ2) is 6.93.